The van der Waals surface area contributed by atoms with Gasteiger partial charge in [-0.2, -0.15) is 0 Å². The monoisotopic (exact) mass is 346 g/mol. The molecule has 0 saturated carbocycles. The molecule has 24 heavy (non-hydrogen) atoms. The fraction of sp³-hybridized carbons (Fsp3) is 0.889. The number of esters is 2. The van der Waals surface area contributed by atoms with Gasteiger partial charge in [-0.05, 0) is 19.3 Å². The molecule has 0 aliphatic rings. The van der Waals surface area contributed by atoms with Gasteiger partial charge in [0.05, 0.1) is 13.2 Å². The Balaban J connectivity index is 3.28. The van der Waals surface area contributed by atoms with Crippen molar-refractivity contribution >= 4 is 11.9 Å². The number of methoxy groups -OCH3 is 1. The molecular formula is C18H34O6. The molecule has 0 unspecified atom stereocenters. The maximum Gasteiger partial charge on any atom is 0.305 e. The van der Waals surface area contributed by atoms with Crippen LogP contribution in [0.15, 0.2) is 0 Å². The Morgan fingerprint density at radius 3 is 1.92 bits per heavy atom. The van der Waals surface area contributed by atoms with Gasteiger partial charge in [0.15, 0.2) is 0 Å². The van der Waals surface area contributed by atoms with E-state index in [1.807, 2.05) is 0 Å². The largest absolute Gasteiger partial charge is 0.466 e. The molecule has 0 aliphatic heterocycles. The third-order valence-electron chi connectivity index (χ3n) is 3.40. The maximum absolute atomic E-state index is 11.5. The zero-order valence-corrected chi connectivity index (χ0v) is 15.3. The van der Waals surface area contributed by atoms with Crippen LogP contribution in [0.3, 0.4) is 0 Å². The number of ether oxygens (including phenoxy) is 4. The second-order valence-electron chi connectivity index (χ2n) is 5.67. The van der Waals surface area contributed by atoms with E-state index in [1.54, 1.807) is 7.11 Å². The van der Waals surface area contributed by atoms with Crippen LogP contribution in [-0.4, -0.2) is 52.1 Å². The van der Waals surface area contributed by atoms with E-state index in [1.165, 1.54) is 19.3 Å². The first-order valence-electron chi connectivity index (χ1n) is 9.08. The molecule has 6 nitrogen and oxygen atoms in total. The lowest BCUT2D eigenvalue weighted by Gasteiger charge is -2.06. The van der Waals surface area contributed by atoms with E-state index in [2.05, 4.69) is 6.92 Å². The van der Waals surface area contributed by atoms with Crippen molar-refractivity contribution in [2.24, 2.45) is 0 Å². The van der Waals surface area contributed by atoms with E-state index in [4.69, 9.17) is 18.9 Å². The molecule has 0 aromatic rings. The van der Waals surface area contributed by atoms with Crippen LogP contribution in [0.1, 0.15) is 64.7 Å². The molecule has 0 aromatic carbocycles. The van der Waals surface area contributed by atoms with Crippen LogP contribution in [-0.2, 0) is 28.5 Å². The third kappa shape index (κ3) is 17.2. The van der Waals surface area contributed by atoms with Crippen molar-refractivity contribution in [3.63, 3.8) is 0 Å². The summed E-state index contributed by atoms with van der Waals surface area (Å²) in [7, 11) is 1.55. The smallest absolute Gasteiger partial charge is 0.305 e. The fourth-order valence-corrected chi connectivity index (χ4v) is 2.00. The zero-order chi connectivity index (χ0) is 17.9. The first-order chi connectivity index (χ1) is 11.7. The van der Waals surface area contributed by atoms with Gasteiger partial charge in [0.25, 0.3) is 0 Å². The second-order valence-corrected chi connectivity index (χ2v) is 5.67. The van der Waals surface area contributed by atoms with Gasteiger partial charge in [-0.25, -0.2) is 0 Å². The van der Waals surface area contributed by atoms with Crippen molar-refractivity contribution in [1.29, 1.82) is 0 Å². The van der Waals surface area contributed by atoms with Crippen molar-refractivity contribution in [1.82, 2.24) is 0 Å². The highest BCUT2D eigenvalue weighted by Gasteiger charge is 2.06. The van der Waals surface area contributed by atoms with Crippen molar-refractivity contribution < 1.29 is 28.5 Å². The highest BCUT2D eigenvalue weighted by molar-refractivity contribution is 5.70. The van der Waals surface area contributed by atoms with E-state index < -0.39 is 0 Å². The number of carbonyl (C=O) groups excluding carboxylic acids is 2. The fourth-order valence-electron chi connectivity index (χ4n) is 2.00. The van der Waals surface area contributed by atoms with E-state index in [0.29, 0.717) is 45.5 Å². The molecular weight excluding hydrogens is 312 g/mol. The second kappa shape index (κ2) is 18.2. The molecule has 0 spiro atoms. The summed E-state index contributed by atoms with van der Waals surface area (Å²) in [5, 5.41) is 0. The van der Waals surface area contributed by atoms with Crippen LogP contribution in [0.2, 0.25) is 0 Å². The van der Waals surface area contributed by atoms with Crippen molar-refractivity contribution in [2.45, 2.75) is 64.7 Å². The Bertz CT molecular complexity index is 306. The summed E-state index contributed by atoms with van der Waals surface area (Å²) < 4.78 is 20.3. The molecule has 0 heterocycles. The Labute approximate surface area is 146 Å². The van der Waals surface area contributed by atoms with Gasteiger partial charge in [-0.3, -0.25) is 9.59 Å². The maximum atomic E-state index is 11.5. The third-order valence-corrected chi connectivity index (χ3v) is 3.40. The molecule has 0 amide bonds. The first kappa shape index (κ1) is 22.9. The molecule has 0 aromatic heterocycles. The Morgan fingerprint density at radius 1 is 0.667 bits per heavy atom. The highest BCUT2D eigenvalue weighted by Crippen LogP contribution is 2.03. The predicted molar refractivity (Wildman–Crippen MR) is 91.8 cm³/mol. The summed E-state index contributed by atoms with van der Waals surface area (Å²) in [6.45, 7) is 4.68. The highest BCUT2D eigenvalue weighted by atomic mass is 16.6. The van der Waals surface area contributed by atoms with Gasteiger partial charge in [0, 0.05) is 39.6 Å². The molecule has 6 heteroatoms. The summed E-state index contributed by atoms with van der Waals surface area (Å²) in [4.78, 5) is 22.8. The van der Waals surface area contributed by atoms with Gasteiger partial charge in [0.2, 0.25) is 0 Å². The molecule has 0 rings (SSSR count). The van der Waals surface area contributed by atoms with Crippen LogP contribution in [0.4, 0.5) is 0 Å². The number of unbranched alkanes of at least 4 members (excludes halogenated alkanes) is 4. The topological polar surface area (TPSA) is 71.1 Å². The number of rotatable bonds is 17. The number of hydrogen-bond donors (Lipinski definition) is 0. The van der Waals surface area contributed by atoms with Crippen LogP contribution in [0, 0.1) is 0 Å². The number of carbonyl (C=O) groups is 2. The van der Waals surface area contributed by atoms with Gasteiger partial charge in [0.1, 0.15) is 6.61 Å². The molecule has 142 valence electrons. The lowest BCUT2D eigenvalue weighted by Crippen LogP contribution is -2.10. The molecule has 0 saturated heterocycles. The van der Waals surface area contributed by atoms with E-state index >= 15 is 0 Å². The predicted octanol–water partition coefficient (Wildman–Crippen LogP) is 3.27. The Morgan fingerprint density at radius 2 is 1.29 bits per heavy atom. The standard InChI is InChI=1S/C18H34O6/c1-3-4-5-8-12-22-13-9-14-23-17(19)10-6-7-11-18(20)24-16-15-21-2/h3-16H2,1-2H3. The minimum absolute atomic E-state index is 0.217. The lowest BCUT2D eigenvalue weighted by molar-refractivity contribution is -0.146. The molecule has 0 bridgehead atoms. The van der Waals surface area contributed by atoms with Crippen molar-refractivity contribution in [2.75, 3.05) is 40.1 Å². The summed E-state index contributed by atoms with van der Waals surface area (Å²) in [6, 6.07) is 0. The van der Waals surface area contributed by atoms with E-state index in [9.17, 15) is 9.59 Å². The van der Waals surface area contributed by atoms with Crippen molar-refractivity contribution in [3.8, 4) is 0 Å². The SMILES string of the molecule is CCCCCCOCCCOC(=O)CCCCC(=O)OCCOC. The summed E-state index contributed by atoms with van der Waals surface area (Å²) in [6.07, 6.45) is 7.44. The van der Waals surface area contributed by atoms with Gasteiger partial charge < -0.3 is 18.9 Å². The first-order valence-corrected chi connectivity index (χ1v) is 9.08. The molecule has 0 N–H and O–H groups in total. The summed E-state index contributed by atoms with van der Waals surface area (Å²) >= 11 is 0. The molecule has 0 aliphatic carbocycles. The van der Waals surface area contributed by atoms with Crippen LogP contribution in [0.25, 0.3) is 0 Å². The molecule has 0 radical (unpaired) electrons. The van der Waals surface area contributed by atoms with Gasteiger partial charge in [-0.1, -0.05) is 26.2 Å². The summed E-state index contributed by atoms with van der Waals surface area (Å²) in [5.41, 5.74) is 0. The van der Waals surface area contributed by atoms with Gasteiger partial charge >= 0.3 is 11.9 Å². The van der Waals surface area contributed by atoms with Crippen LogP contribution >= 0.6 is 0 Å². The quantitative estimate of drug-likeness (QED) is 0.297. The molecule has 0 fully saturated rings. The minimum Gasteiger partial charge on any atom is -0.466 e. The minimum atomic E-state index is -0.253. The molecule has 0 atom stereocenters. The zero-order valence-electron chi connectivity index (χ0n) is 15.3. The Kier molecular flexibility index (Phi) is 17.3. The van der Waals surface area contributed by atoms with Crippen LogP contribution < -0.4 is 0 Å². The average molecular weight is 346 g/mol. The average Bonchev–Trinajstić information content (AvgIpc) is 2.57. The van der Waals surface area contributed by atoms with Crippen LogP contribution in [0.5, 0.6) is 0 Å². The lowest BCUT2D eigenvalue weighted by atomic mass is 10.2. The van der Waals surface area contributed by atoms with Gasteiger partial charge in [-0.15, -0.1) is 0 Å². The van der Waals surface area contributed by atoms with E-state index in [0.717, 1.165) is 19.4 Å². The van der Waals surface area contributed by atoms with E-state index in [-0.39, 0.29) is 18.5 Å². The van der Waals surface area contributed by atoms with Crippen molar-refractivity contribution in [3.05, 3.63) is 0 Å². The Hall–Kier alpha value is -1.14. The summed E-state index contributed by atoms with van der Waals surface area (Å²) in [5.74, 6) is -0.470. The normalized spacial score (nSPS) is 10.6. The number of hydrogen-bond acceptors (Lipinski definition) is 6.